The third-order valence-electron chi connectivity index (χ3n) is 2.85. The molecular formula is C14H18O7. The number of carbonyl (C=O) groups is 2. The van der Waals surface area contributed by atoms with E-state index >= 15 is 0 Å². The molecule has 0 saturated heterocycles. The lowest BCUT2D eigenvalue weighted by atomic mass is 10.0. The lowest BCUT2D eigenvalue weighted by Crippen LogP contribution is -2.30. The van der Waals surface area contributed by atoms with Crippen LogP contribution in [0.1, 0.15) is 28.9 Å². The van der Waals surface area contributed by atoms with Crippen LogP contribution in [0.15, 0.2) is 12.1 Å². The van der Waals surface area contributed by atoms with Crippen molar-refractivity contribution in [1.29, 1.82) is 0 Å². The zero-order valence-corrected chi connectivity index (χ0v) is 12.0. The Kier molecular flexibility index (Phi) is 6.13. The highest BCUT2D eigenvalue weighted by atomic mass is 16.5. The zero-order chi connectivity index (χ0) is 16.0. The second-order valence-corrected chi connectivity index (χ2v) is 4.10. The van der Waals surface area contributed by atoms with Gasteiger partial charge in [-0.1, -0.05) is 0 Å². The molecule has 21 heavy (non-hydrogen) atoms. The largest absolute Gasteiger partial charge is 0.496 e. The van der Waals surface area contributed by atoms with E-state index in [4.69, 9.17) is 9.47 Å². The van der Waals surface area contributed by atoms with Crippen LogP contribution in [-0.2, 0) is 9.53 Å². The van der Waals surface area contributed by atoms with Crippen molar-refractivity contribution in [3.8, 4) is 11.5 Å². The van der Waals surface area contributed by atoms with Gasteiger partial charge in [-0.15, -0.1) is 0 Å². The lowest BCUT2D eigenvalue weighted by Gasteiger charge is -2.20. The first-order valence-electron chi connectivity index (χ1n) is 6.23. The molecule has 1 aromatic carbocycles. The number of rotatable bonds is 7. The number of esters is 1. The molecule has 0 fully saturated rings. The maximum Gasteiger partial charge on any atom is 0.338 e. The summed E-state index contributed by atoms with van der Waals surface area (Å²) in [5.41, 5.74) is 0.330. The number of hydrogen-bond acceptors (Lipinski definition) is 7. The standard InChI is InChI=1S/C14H18O7/c1-4-21-14(18)13(17)12(16)9-6-10(19-2)8(7-15)5-11(9)20-3/h5-7,12-13,16-17H,4H2,1-3H3. The molecule has 0 saturated carbocycles. The normalized spacial score (nSPS) is 13.2. The molecule has 0 radical (unpaired) electrons. The summed E-state index contributed by atoms with van der Waals surface area (Å²) in [5, 5.41) is 19.9. The van der Waals surface area contributed by atoms with Crippen LogP contribution in [0.5, 0.6) is 11.5 Å². The molecule has 0 heterocycles. The fourth-order valence-electron chi connectivity index (χ4n) is 1.79. The molecule has 0 spiro atoms. The van der Waals surface area contributed by atoms with Gasteiger partial charge in [-0.2, -0.15) is 0 Å². The van der Waals surface area contributed by atoms with Gasteiger partial charge in [0, 0.05) is 5.56 Å². The Labute approximate surface area is 122 Å². The summed E-state index contributed by atoms with van der Waals surface area (Å²) >= 11 is 0. The molecule has 0 amide bonds. The van der Waals surface area contributed by atoms with E-state index in [1.807, 2.05) is 0 Å². The van der Waals surface area contributed by atoms with Crippen molar-refractivity contribution in [1.82, 2.24) is 0 Å². The van der Waals surface area contributed by atoms with Crippen molar-refractivity contribution in [2.24, 2.45) is 0 Å². The van der Waals surface area contributed by atoms with Crippen LogP contribution >= 0.6 is 0 Å². The van der Waals surface area contributed by atoms with E-state index in [9.17, 15) is 19.8 Å². The summed E-state index contributed by atoms with van der Waals surface area (Å²) in [6.07, 6.45) is -2.78. The third kappa shape index (κ3) is 3.71. The fourth-order valence-corrected chi connectivity index (χ4v) is 1.79. The van der Waals surface area contributed by atoms with E-state index in [1.54, 1.807) is 6.92 Å². The van der Waals surface area contributed by atoms with Crippen molar-refractivity contribution in [2.45, 2.75) is 19.1 Å². The Morgan fingerprint density at radius 3 is 2.33 bits per heavy atom. The van der Waals surface area contributed by atoms with Crippen LogP contribution in [0.2, 0.25) is 0 Å². The minimum Gasteiger partial charge on any atom is -0.496 e. The van der Waals surface area contributed by atoms with Crippen LogP contribution in [0.3, 0.4) is 0 Å². The summed E-state index contributed by atoms with van der Waals surface area (Å²) < 4.78 is 14.7. The summed E-state index contributed by atoms with van der Waals surface area (Å²) in [5.74, 6) is -0.616. The number of aliphatic hydroxyl groups is 2. The molecule has 0 aromatic heterocycles. The van der Waals surface area contributed by atoms with E-state index in [0.29, 0.717) is 6.29 Å². The Bertz CT molecular complexity index is 512. The predicted octanol–water partition coefficient (Wildman–Crippen LogP) is 0.474. The predicted molar refractivity (Wildman–Crippen MR) is 72.5 cm³/mol. The third-order valence-corrected chi connectivity index (χ3v) is 2.85. The van der Waals surface area contributed by atoms with Crippen molar-refractivity contribution < 1.29 is 34.0 Å². The maximum atomic E-state index is 11.5. The van der Waals surface area contributed by atoms with Gasteiger partial charge < -0.3 is 24.4 Å². The van der Waals surface area contributed by atoms with Gasteiger partial charge >= 0.3 is 5.97 Å². The lowest BCUT2D eigenvalue weighted by molar-refractivity contribution is -0.159. The van der Waals surface area contributed by atoms with E-state index in [0.717, 1.165) is 0 Å². The van der Waals surface area contributed by atoms with Gasteiger partial charge in [0.15, 0.2) is 12.4 Å². The van der Waals surface area contributed by atoms with Crippen molar-refractivity contribution in [2.75, 3.05) is 20.8 Å². The van der Waals surface area contributed by atoms with Gasteiger partial charge in [0.2, 0.25) is 0 Å². The Morgan fingerprint density at radius 2 is 1.86 bits per heavy atom. The fraction of sp³-hybridized carbons (Fsp3) is 0.429. The Morgan fingerprint density at radius 1 is 1.24 bits per heavy atom. The molecule has 2 N–H and O–H groups in total. The first kappa shape index (κ1) is 16.9. The number of aliphatic hydroxyl groups excluding tert-OH is 2. The molecule has 2 unspecified atom stereocenters. The Hall–Kier alpha value is -2.12. The van der Waals surface area contributed by atoms with E-state index < -0.39 is 18.2 Å². The molecule has 116 valence electrons. The maximum absolute atomic E-state index is 11.5. The van der Waals surface area contributed by atoms with E-state index in [-0.39, 0.29) is 29.2 Å². The van der Waals surface area contributed by atoms with Crippen LogP contribution in [-0.4, -0.2) is 49.4 Å². The summed E-state index contributed by atoms with van der Waals surface area (Å²) in [6, 6.07) is 2.68. The van der Waals surface area contributed by atoms with Gasteiger partial charge in [0.25, 0.3) is 0 Å². The molecule has 1 rings (SSSR count). The van der Waals surface area contributed by atoms with E-state index in [2.05, 4.69) is 4.74 Å². The number of methoxy groups -OCH3 is 2. The minimum absolute atomic E-state index is 0.0765. The van der Waals surface area contributed by atoms with Gasteiger partial charge in [-0.05, 0) is 19.1 Å². The second kappa shape index (κ2) is 7.61. The van der Waals surface area contributed by atoms with Crippen molar-refractivity contribution in [3.63, 3.8) is 0 Å². The molecule has 2 atom stereocenters. The van der Waals surface area contributed by atoms with Crippen LogP contribution in [0.25, 0.3) is 0 Å². The van der Waals surface area contributed by atoms with Crippen molar-refractivity contribution in [3.05, 3.63) is 23.3 Å². The summed E-state index contributed by atoms with van der Waals surface area (Å²) in [4.78, 5) is 22.4. The zero-order valence-electron chi connectivity index (χ0n) is 12.0. The molecule has 7 heteroatoms. The molecule has 0 aliphatic rings. The number of aldehydes is 1. The molecule has 0 aliphatic carbocycles. The first-order valence-corrected chi connectivity index (χ1v) is 6.23. The summed E-state index contributed by atoms with van der Waals surface area (Å²) in [7, 11) is 2.69. The van der Waals surface area contributed by atoms with Crippen LogP contribution < -0.4 is 9.47 Å². The summed E-state index contributed by atoms with van der Waals surface area (Å²) in [6.45, 7) is 1.66. The quantitative estimate of drug-likeness (QED) is 0.557. The SMILES string of the molecule is CCOC(=O)C(O)C(O)c1cc(OC)c(C=O)cc1OC. The highest BCUT2D eigenvalue weighted by Gasteiger charge is 2.30. The van der Waals surface area contributed by atoms with Crippen LogP contribution in [0.4, 0.5) is 0 Å². The van der Waals surface area contributed by atoms with Gasteiger partial charge in [0.05, 0.1) is 26.4 Å². The average molecular weight is 298 g/mol. The van der Waals surface area contributed by atoms with Gasteiger partial charge in [-0.25, -0.2) is 4.79 Å². The minimum atomic E-state index is -1.77. The number of carbonyl (C=O) groups excluding carboxylic acids is 2. The van der Waals surface area contributed by atoms with E-state index in [1.165, 1.54) is 26.4 Å². The van der Waals surface area contributed by atoms with Crippen LogP contribution in [0, 0.1) is 0 Å². The molecule has 0 bridgehead atoms. The highest BCUT2D eigenvalue weighted by molar-refractivity contribution is 5.81. The van der Waals surface area contributed by atoms with Crippen molar-refractivity contribution >= 4 is 12.3 Å². The number of ether oxygens (including phenoxy) is 3. The molecule has 1 aromatic rings. The Balaban J connectivity index is 3.21. The number of hydrogen-bond donors (Lipinski definition) is 2. The van der Waals surface area contributed by atoms with Gasteiger partial charge in [-0.3, -0.25) is 4.79 Å². The highest BCUT2D eigenvalue weighted by Crippen LogP contribution is 2.33. The first-order chi connectivity index (χ1) is 9.99. The number of benzene rings is 1. The topological polar surface area (TPSA) is 102 Å². The second-order valence-electron chi connectivity index (χ2n) is 4.10. The molecule has 0 aliphatic heterocycles. The molecule has 7 nitrogen and oxygen atoms in total. The smallest absolute Gasteiger partial charge is 0.338 e. The van der Waals surface area contributed by atoms with Gasteiger partial charge in [0.1, 0.15) is 17.6 Å². The monoisotopic (exact) mass is 298 g/mol. The molecular weight excluding hydrogens is 280 g/mol. The average Bonchev–Trinajstić information content (AvgIpc) is 2.52.